The van der Waals surface area contributed by atoms with E-state index in [4.69, 9.17) is 0 Å². The standard InChI is InChI=1S/C34H40F2N4O/c1-8-18-40(7)33(25(6)37-20-24(5)29-16-12-23(4)31(35)32(29)36)39-28-15-17-30(27(9-2)19-28)34(41)38-21-26-13-10-22(3)11-14-26/h8,10-20,33,39H,9,21H2,1-7H3,(H,38,41)/b18-8-,24-20+,37-25?. The lowest BCUT2D eigenvalue weighted by Crippen LogP contribution is -2.40. The highest BCUT2D eigenvalue weighted by molar-refractivity contribution is 5.96. The number of anilines is 1. The Balaban J connectivity index is 1.82. The predicted octanol–water partition coefficient (Wildman–Crippen LogP) is 7.80. The molecule has 3 rings (SSSR count). The maximum atomic E-state index is 14.5. The third-order valence-corrected chi connectivity index (χ3v) is 6.96. The molecule has 3 aromatic rings. The summed E-state index contributed by atoms with van der Waals surface area (Å²) in [5.41, 5.74) is 6.29. The Morgan fingerprint density at radius 1 is 1.00 bits per heavy atom. The number of hydrogen-bond donors (Lipinski definition) is 2. The molecule has 0 aromatic heterocycles. The minimum absolute atomic E-state index is 0.116. The van der Waals surface area contributed by atoms with E-state index in [0.717, 1.165) is 22.5 Å². The lowest BCUT2D eigenvalue weighted by Gasteiger charge is -2.29. The molecule has 216 valence electrons. The second kappa shape index (κ2) is 14.4. The number of carbonyl (C=O) groups is 1. The van der Waals surface area contributed by atoms with Gasteiger partial charge in [0.2, 0.25) is 0 Å². The van der Waals surface area contributed by atoms with Gasteiger partial charge in [0.25, 0.3) is 5.91 Å². The molecule has 41 heavy (non-hydrogen) atoms. The SMILES string of the molecule is C/C=C\N(C)C(Nc1ccc(C(=O)NCc2ccc(C)cc2)c(CC)c1)C(C)=N/C=C(\C)c1ccc(C)c(F)c1F. The first-order valence-electron chi connectivity index (χ1n) is 13.8. The quantitative estimate of drug-likeness (QED) is 0.187. The largest absolute Gasteiger partial charge is 0.360 e. The molecule has 1 unspecified atom stereocenters. The number of aliphatic imine (C=N–C) groups is 1. The van der Waals surface area contributed by atoms with E-state index in [1.54, 1.807) is 25.3 Å². The van der Waals surface area contributed by atoms with Crippen molar-refractivity contribution in [3.05, 3.63) is 118 Å². The molecule has 0 saturated carbocycles. The van der Waals surface area contributed by atoms with E-state index < -0.39 is 11.6 Å². The number of nitrogens with one attached hydrogen (secondary N) is 2. The molecule has 0 aliphatic rings. The average Bonchev–Trinajstić information content (AvgIpc) is 2.96. The highest BCUT2D eigenvalue weighted by atomic mass is 19.2. The number of carbonyl (C=O) groups excluding carboxylic acids is 1. The van der Waals surface area contributed by atoms with Crippen LogP contribution >= 0.6 is 0 Å². The number of benzene rings is 3. The molecule has 0 aliphatic carbocycles. The highest BCUT2D eigenvalue weighted by Gasteiger charge is 2.18. The van der Waals surface area contributed by atoms with Crippen LogP contribution in [0, 0.1) is 25.5 Å². The van der Waals surface area contributed by atoms with Crippen LogP contribution in [0.1, 0.15) is 65.9 Å². The lowest BCUT2D eigenvalue weighted by atomic mass is 10.0. The second-order valence-corrected chi connectivity index (χ2v) is 10.2. The molecule has 0 heterocycles. The highest BCUT2D eigenvalue weighted by Crippen LogP contribution is 2.23. The molecular weight excluding hydrogens is 518 g/mol. The summed E-state index contributed by atoms with van der Waals surface area (Å²) in [4.78, 5) is 19.6. The average molecular weight is 559 g/mol. The van der Waals surface area contributed by atoms with Gasteiger partial charge in [0.1, 0.15) is 6.17 Å². The fourth-order valence-electron chi connectivity index (χ4n) is 4.45. The van der Waals surface area contributed by atoms with Gasteiger partial charge >= 0.3 is 0 Å². The van der Waals surface area contributed by atoms with Crippen LogP contribution in [0.4, 0.5) is 14.5 Å². The van der Waals surface area contributed by atoms with Crippen LogP contribution < -0.4 is 10.6 Å². The number of nitrogens with zero attached hydrogens (tertiary/aromatic N) is 2. The van der Waals surface area contributed by atoms with Crippen molar-refractivity contribution in [2.24, 2.45) is 4.99 Å². The van der Waals surface area contributed by atoms with Crippen molar-refractivity contribution in [1.82, 2.24) is 10.2 Å². The van der Waals surface area contributed by atoms with Crippen molar-refractivity contribution in [3.63, 3.8) is 0 Å². The molecule has 0 saturated heterocycles. The number of rotatable bonds is 11. The first kappa shape index (κ1) is 31.3. The van der Waals surface area contributed by atoms with E-state index >= 15 is 0 Å². The normalized spacial score (nSPS) is 12.9. The molecule has 2 N–H and O–H groups in total. The monoisotopic (exact) mass is 558 g/mol. The summed E-state index contributed by atoms with van der Waals surface area (Å²) in [5.74, 6) is -1.83. The minimum Gasteiger partial charge on any atom is -0.360 e. The van der Waals surface area contributed by atoms with Gasteiger partial charge < -0.3 is 15.5 Å². The fraction of sp³-hybridized carbons (Fsp3) is 0.294. The predicted molar refractivity (Wildman–Crippen MR) is 166 cm³/mol. The Morgan fingerprint density at radius 2 is 1.68 bits per heavy atom. The summed E-state index contributed by atoms with van der Waals surface area (Å²) in [6.45, 7) is 11.6. The van der Waals surface area contributed by atoms with Crippen LogP contribution in [0.2, 0.25) is 0 Å². The maximum Gasteiger partial charge on any atom is 0.251 e. The summed E-state index contributed by atoms with van der Waals surface area (Å²) in [6.07, 6.45) is 5.76. The molecule has 3 aromatic carbocycles. The minimum atomic E-state index is -0.873. The van der Waals surface area contributed by atoms with Crippen molar-refractivity contribution >= 4 is 22.9 Å². The van der Waals surface area contributed by atoms with Crippen LogP contribution in [0.5, 0.6) is 0 Å². The van der Waals surface area contributed by atoms with E-state index in [9.17, 15) is 13.6 Å². The Hall–Kier alpha value is -4.26. The second-order valence-electron chi connectivity index (χ2n) is 10.2. The van der Waals surface area contributed by atoms with Crippen LogP contribution in [-0.2, 0) is 13.0 Å². The van der Waals surface area contributed by atoms with Crippen LogP contribution in [0.15, 0.2) is 78.1 Å². The third kappa shape index (κ3) is 8.13. The van der Waals surface area contributed by atoms with Gasteiger partial charge in [-0.2, -0.15) is 0 Å². The van der Waals surface area contributed by atoms with Gasteiger partial charge in [-0.05, 0) is 87.7 Å². The smallest absolute Gasteiger partial charge is 0.251 e. The third-order valence-electron chi connectivity index (χ3n) is 6.96. The van der Waals surface area contributed by atoms with Gasteiger partial charge in [0, 0.05) is 36.6 Å². The summed E-state index contributed by atoms with van der Waals surface area (Å²) < 4.78 is 28.6. The molecule has 5 nitrogen and oxygen atoms in total. The van der Waals surface area contributed by atoms with Crippen LogP contribution in [0.3, 0.4) is 0 Å². The zero-order chi connectivity index (χ0) is 30.1. The maximum absolute atomic E-state index is 14.5. The summed E-state index contributed by atoms with van der Waals surface area (Å²) >= 11 is 0. The van der Waals surface area contributed by atoms with Crippen molar-refractivity contribution < 1.29 is 13.6 Å². The van der Waals surface area contributed by atoms with E-state index in [0.29, 0.717) is 24.1 Å². The molecule has 1 amide bonds. The summed E-state index contributed by atoms with van der Waals surface area (Å²) in [5, 5.41) is 6.53. The Morgan fingerprint density at radius 3 is 2.34 bits per heavy atom. The van der Waals surface area contributed by atoms with Gasteiger partial charge in [-0.1, -0.05) is 55.0 Å². The van der Waals surface area contributed by atoms with Crippen molar-refractivity contribution in [3.8, 4) is 0 Å². The first-order valence-corrected chi connectivity index (χ1v) is 13.8. The van der Waals surface area contributed by atoms with Crippen LogP contribution in [0.25, 0.3) is 5.57 Å². The fourth-order valence-corrected chi connectivity index (χ4v) is 4.45. The molecule has 0 radical (unpaired) electrons. The molecule has 0 spiro atoms. The Labute approximate surface area is 242 Å². The van der Waals surface area contributed by atoms with E-state index in [1.807, 2.05) is 94.4 Å². The van der Waals surface area contributed by atoms with E-state index in [-0.39, 0.29) is 23.2 Å². The molecule has 1 atom stereocenters. The van der Waals surface area contributed by atoms with E-state index in [2.05, 4.69) is 15.6 Å². The summed E-state index contributed by atoms with van der Waals surface area (Å²) in [7, 11) is 1.93. The first-order chi connectivity index (χ1) is 19.5. The van der Waals surface area contributed by atoms with Crippen LogP contribution in [-0.4, -0.2) is 29.7 Å². The molecule has 7 heteroatoms. The van der Waals surface area contributed by atoms with Gasteiger partial charge in [-0.15, -0.1) is 0 Å². The van der Waals surface area contributed by atoms with Gasteiger partial charge in [-0.25, -0.2) is 8.78 Å². The van der Waals surface area contributed by atoms with Crippen molar-refractivity contribution in [2.75, 3.05) is 12.4 Å². The Bertz CT molecular complexity index is 1460. The number of allylic oxidation sites excluding steroid dienone is 2. The zero-order valence-corrected chi connectivity index (χ0v) is 25.0. The van der Waals surface area contributed by atoms with Gasteiger partial charge in [-0.3, -0.25) is 9.79 Å². The van der Waals surface area contributed by atoms with Crippen molar-refractivity contribution in [1.29, 1.82) is 0 Å². The lowest BCUT2D eigenvalue weighted by molar-refractivity contribution is 0.0950. The van der Waals surface area contributed by atoms with Gasteiger partial charge in [0.05, 0.1) is 5.71 Å². The molecule has 0 bridgehead atoms. The van der Waals surface area contributed by atoms with Crippen molar-refractivity contribution in [2.45, 2.75) is 60.7 Å². The van der Waals surface area contributed by atoms with E-state index in [1.165, 1.54) is 12.5 Å². The number of halogens is 2. The zero-order valence-electron chi connectivity index (χ0n) is 25.0. The number of hydrogen-bond acceptors (Lipinski definition) is 4. The van der Waals surface area contributed by atoms with Gasteiger partial charge in [0.15, 0.2) is 11.6 Å². The molecular formula is C34H40F2N4O. The number of aryl methyl sites for hydroxylation is 3. The molecule has 0 aliphatic heterocycles. The molecule has 0 fully saturated rings. The topological polar surface area (TPSA) is 56.7 Å². The number of amides is 1. The Kier molecular flexibility index (Phi) is 11.0. The summed E-state index contributed by atoms with van der Waals surface area (Å²) in [6, 6.07) is 16.9.